The Morgan fingerprint density at radius 2 is 1.50 bits per heavy atom. The predicted octanol–water partition coefficient (Wildman–Crippen LogP) is 3.06. The molecule has 0 radical (unpaired) electrons. The zero-order valence-corrected chi connectivity index (χ0v) is 20.9. The number of hydrogen-bond donors (Lipinski definition) is 1. The summed E-state index contributed by atoms with van der Waals surface area (Å²) in [7, 11) is -2.00. The number of carbonyl (C=O) groups is 1. The van der Waals surface area contributed by atoms with Gasteiger partial charge < -0.3 is 14.8 Å². The molecule has 0 bridgehead atoms. The summed E-state index contributed by atoms with van der Waals surface area (Å²) in [6.07, 6.45) is 0. The molecule has 3 aromatic rings. The summed E-state index contributed by atoms with van der Waals surface area (Å²) >= 11 is 0. The standard InChI is InChI=1S/C27H29N3O5S/c1-34-20-10-12-21(13-11-20)36(32,33)30-18-16-29(17-19-30)15-14-28-27(31)26-22-6-2-4-8-24(22)35-25-9-5-3-7-23(25)26/h2-13,26H,14-19H2,1H3,(H,28,31). The monoisotopic (exact) mass is 507 g/mol. The van der Waals surface area contributed by atoms with Gasteiger partial charge in [-0.15, -0.1) is 0 Å². The molecule has 0 aromatic heterocycles. The van der Waals surface area contributed by atoms with Crippen LogP contribution in [0.15, 0.2) is 77.7 Å². The fourth-order valence-electron chi connectivity index (χ4n) is 4.72. The van der Waals surface area contributed by atoms with Gasteiger partial charge in [-0.1, -0.05) is 36.4 Å². The number of carbonyl (C=O) groups excluding carboxylic acids is 1. The van der Waals surface area contributed by atoms with Crippen molar-refractivity contribution in [3.63, 3.8) is 0 Å². The largest absolute Gasteiger partial charge is 0.497 e. The van der Waals surface area contributed by atoms with Crippen LogP contribution in [-0.2, 0) is 14.8 Å². The molecular formula is C27H29N3O5S. The first-order valence-electron chi connectivity index (χ1n) is 12.0. The number of fused-ring (bicyclic) bond motifs is 2. The second-order valence-corrected chi connectivity index (χ2v) is 10.8. The molecule has 1 N–H and O–H groups in total. The second-order valence-electron chi connectivity index (χ2n) is 8.82. The van der Waals surface area contributed by atoms with E-state index in [0.29, 0.717) is 56.5 Å². The molecule has 8 nitrogen and oxygen atoms in total. The van der Waals surface area contributed by atoms with Crippen LogP contribution in [0.2, 0.25) is 0 Å². The number of hydrogen-bond acceptors (Lipinski definition) is 6. The van der Waals surface area contributed by atoms with Crippen molar-refractivity contribution in [2.75, 3.05) is 46.4 Å². The van der Waals surface area contributed by atoms with Crippen LogP contribution in [0.25, 0.3) is 0 Å². The van der Waals surface area contributed by atoms with E-state index in [1.165, 1.54) is 4.31 Å². The van der Waals surface area contributed by atoms with E-state index in [0.717, 1.165) is 11.1 Å². The van der Waals surface area contributed by atoms with Gasteiger partial charge in [-0.05, 0) is 36.4 Å². The van der Waals surface area contributed by atoms with E-state index in [1.54, 1.807) is 31.4 Å². The van der Waals surface area contributed by atoms with Crippen molar-refractivity contribution in [1.29, 1.82) is 0 Å². The maximum absolute atomic E-state index is 13.3. The first kappa shape index (κ1) is 24.3. The zero-order valence-electron chi connectivity index (χ0n) is 20.1. The van der Waals surface area contributed by atoms with Crippen LogP contribution in [0.5, 0.6) is 17.2 Å². The minimum absolute atomic E-state index is 0.0704. The Morgan fingerprint density at radius 3 is 2.08 bits per heavy atom. The van der Waals surface area contributed by atoms with Gasteiger partial charge >= 0.3 is 0 Å². The molecular weight excluding hydrogens is 478 g/mol. The number of para-hydroxylation sites is 2. The molecule has 0 atom stereocenters. The van der Waals surface area contributed by atoms with E-state index in [4.69, 9.17) is 9.47 Å². The summed E-state index contributed by atoms with van der Waals surface area (Å²) in [5, 5.41) is 3.08. The first-order chi connectivity index (χ1) is 17.5. The molecule has 3 aromatic carbocycles. The van der Waals surface area contributed by atoms with Crippen LogP contribution in [0.3, 0.4) is 0 Å². The number of nitrogens with zero attached hydrogens (tertiary/aromatic N) is 2. The number of benzene rings is 3. The third-order valence-corrected chi connectivity index (χ3v) is 8.61. The minimum Gasteiger partial charge on any atom is -0.497 e. The molecule has 188 valence electrons. The van der Waals surface area contributed by atoms with Gasteiger partial charge in [-0.25, -0.2) is 8.42 Å². The fraction of sp³-hybridized carbons (Fsp3) is 0.296. The zero-order chi connectivity index (χ0) is 25.1. The summed E-state index contributed by atoms with van der Waals surface area (Å²) in [4.78, 5) is 15.7. The van der Waals surface area contributed by atoms with Crippen molar-refractivity contribution < 1.29 is 22.7 Å². The summed E-state index contributed by atoms with van der Waals surface area (Å²) in [5.74, 6) is 1.51. The van der Waals surface area contributed by atoms with E-state index in [-0.39, 0.29) is 10.8 Å². The van der Waals surface area contributed by atoms with E-state index in [1.807, 2.05) is 48.5 Å². The van der Waals surface area contributed by atoms with E-state index < -0.39 is 15.9 Å². The molecule has 0 aliphatic carbocycles. The highest BCUT2D eigenvalue weighted by Crippen LogP contribution is 2.43. The third kappa shape index (κ3) is 4.82. The Bertz CT molecular complexity index is 1290. The molecule has 2 aliphatic heterocycles. The van der Waals surface area contributed by atoms with Crippen LogP contribution in [0.1, 0.15) is 17.0 Å². The average Bonchev–Trinajstić information content (AvgIpc) is 2.92. The molecule has 2 heterocycles. The molecule has 2 aliphatic rings. The van der Waals surface area contributed by atoms with Crippen molar-refractivity contribution >= 4 is 15.9 Å². The highest BCUT2D eigenvalue weighted by molar-refractivity contribution is 7.89. The Hall–Kier alpha value is -3.40. The van der Waals surface area contributed by atoms with Gasteiger partial charge in [0.05, 0.1) is 17.9 Å². The fourth-order valence-corrected chi connectivity index (χ4v) is 6.14. The highest BCUT2D eigenvalue weighted by Gasteiger charge is 2.32. The lowest BCUT2D eigenvalue weighted by Gasteiger charge is -2.34. The van der Waals surface area contributed by atoms with E-state index in [2.05, 4.69) is 10.2 Å². The van der Waals surface area contributed by atoms with Crippen LogP contribution >= 0.6 is 0 Å². The summed E-state index contributed by atoms with van der Waals surface area (Å²) in [6.45, 7) is 3.15. The number of piperazine rings is 1. The molecule has 36 heavy (non-hydrogen) atoms. The van der Waals surface area contributed by atoms with E-state index >= 15 is 0 Å². The average molecular weight is 508 g/mol. The molecule has 0 spiro atoms. The number of nitrogens with one attached hydrogen (secondary N) is 1. The van der Waals surface area contributed by atoms with Crippen molar-refractivity contribution in [1.82, 2.24) is 14.5 Å². The molecule has 9 heteroatoms. The van der Waals surface area contributed by atoms with Gasteiger partial charge in [0, 0.05) is 50.4 Å². The topological polar surface area (TPSA) is 88.2 Å². The second kappa shape index (κ2) is 10.3. The lowest BCUT2D eigenvalue weighted by molar-refractivity contribution is -0.121. The lowest BCUT2D eigenvalue weighted by atomic mass is 9.87. The van der Waals surface area contributed by atoms with Crippen molar-refractivity contribution in [3.05, 3.63) is 83.9 Å². The van der Waals surface area contributed by atoms with Gasteiger partial charge in [-0.2, -0.15) is 4.31 Å². The summed E-state index contributed by atoms with van der Waals surface area (Å²) < 4.78 is 38.6. The number of amides is 1. The number of rotatable bonds is 7. The van der Waals surface area contributed by atoms with Crippen molar-refractivity contribution in [2.24, 2.45) is 0 Å². The first-order valence-corrected chi connectivity index (χ1v) is 13.4. The SMILES string of the molecule is COc1ccc(S(=O)(=O)N2CCN(CCNC(=O)C3c4ccccc4Oc4ccccc43)CC2)cc1. The van der Waals surface area contributed by atoms with Crippen LogP contribution in [-0.4, -0.2) is 69.9 Å². The Balaban J connectivity index is 1.16. The predicted molar refractivity (Wildman–Crippen MR) is 136 cm³/mol. The Labute approximate surface area is 211 Å². The molecule has 1 saturated heterocycles. The van der Waals surface area contributed by atoms with Gasteiger partial charge in [-0.3, -0.25) is 9.69 Å². The number of sulfonamides is 1. The molecule has 1 fully saturated rings. The maximum Gasteiger partial charge on any atom is 0.243 e. The molecule has 1 amide bonds. The Kier molecular flexibility index (Phi) is 6.95. The minimum atomic E-state index is -3.55. The number of ether oxygens (including phenoxy) is 2. The van der Waals surface area contributed by atoms with Crippen LogP contribution in [0.4, 0.5) is 0 Å². The van der Waals surface area contributed by atoms with Gasteiger partial charge in [0.25, 0.3) is 0 Å². The normalized spacial score (nSPS) is 16.5. The summed E-state index contributed by atoms with van der Waals surface area (Å²) in [6, 6.07) is 21.7. The van der Waals surface area contributed by atoms with Crippen molar-refractivity contribution in [2.45, 2.75) is 10.8 Å². The molecule has 5 rings (SSSR count). The van der Waals surface area contributed by atoms with Crippen LogP contribution in [0, 0.1) is 0 Å². The molecule has 0 unspecified atom stereocenters. The number of methoxy groups -OCH3 is 1. The lowest BCUT2D eigenvalue weighted by Crippen LogP contribution is -2.50. The molecule has 0 saturated carbocycles. The third-order valence-electron chi connectivity index (χ3n) is 6.70. The van der Waals surface area contributed by atoms with Gasteiger partial charge in [0.2, 0.25) is 15.9 Å². The van der Waals surface area contributed by atoms with Crippen molar-refractivity contribution in [3.8, 4) is 17.2 Å². The Morgan fingerprint density at radius 1 is 0.917 bits per heavy atom. The summed E-state index contributed by atoms with van der Waals surface area (Å²) in [5.41, 5.74) is 1.71. The van der Waals surface area contributed by atoms with Crippen LogP contribution < -0.4 is 14.8 Å². The van der Waals surface area contributed by atoms with Gasteiger partial charge in [0.15, 0.2) is 0 Å². The highest BCUT2D eigenvalue weighted by atomic mass is 32.2. The van der Waals surface area contributed by atoms with E-state index in [9.17, 15) is 13.2 Å². The quantitative estimate of drug-likeness (QED) is 0.529. The van der Waals surface area contributed by atoms with Gasteiger partial charge in [0.1, 0.15) is 17.2 Å². The maximum atomic E-state index is 13.3. The smallest absolute Gasteiger partial charge is 0.243 e.